The normalized spacial score (nSPS) is 12.5. The summed E-state index contributed by atoms with van der Waals surface area (Å²) in [6, 6.07) is 33.6. The molecule has 0 aliphatic heterocycles. The third kappa shape index (κ3) is 9.54. The van der Waals surface area contributed by atoms with E-state index in [2.05, 4.69) is 45.2 Å². The second kappa shape index (κ2) is 16.2. The second-order valence-corrected chi connectivity index (χ2v) is 13.6. The van der Waals surface area contributed by atoms with Crippen LogP contribution in [-0.2, 0) is 33.8 Å². The molecular formula is C42H42N4O6. The van der Waals surface area contributed by atoms with Crippen molar-refractivity contribution in [1.29, 1.82) is 0 Å². The van der Waals surface area contributed by atoms with Crippen LogP contribution in [0.5, 0.6) is 5.75 Å². The van der Waals surface area contributed by atoms with E-state index >= 15 is 0 Å². The van der Waals surface area contributed by atoms with E-state index in [1.54, 1.807) is 57.4 Å². The number of amides is 3. The lowest BCUT2D eigenvalue weighted by Gasteiger charge is -2.20. The SMILES string of the molecule is CC(C)(C)OC(=O)NCc1ccc(NC(=O)[C@H](Cc2ccc(OCc3ccncc3)cc2)NC(=O)OCC2c3ccccc3-c3ccccc32)cc1. The molecule has 0 saturated heterocycles. The number of rotatable bonds is 12. The molecule has 52 heavy (non-hydrogen) atoms. The first kappa shape index (κ1) is 35.7. The smallest absolute Gasteiger partial charge is 0.407 e. The number of pyridine rings is 1. The van der Waals surface area contributed by atoms with Gasteiger partial charge in [0.05, 0.1) is 0 Å². The van der Waals surface area contributed by atoms with E-state index in [1.807, 2.05) is 60.7 Å². The van der Waals surface area contributed by atoms with Crippen molar-refractivity contribution in [2.45, 2.75) is 57.9 Å². The first-order chi connectivity index (χ1) is 25.1. The first-order valence-corrected chi connectivity index (χ1v) is 17.2. The predicted molar refractivity (Wildman–Crippen MR) is 199 cm³/mol. The van der Waals surface area contributed by atoms with Gasteiger partial charge in [0.2, 0.25) is 5.91 Å². The van der Waals surface area contributed by atoms with Crippen LogP contribution >= 0.6 is 0 Å². The summed E-state index contributed by atoms with van der Waals surface area (Å²) in [5.41, 5.74) is 7.03. The largest absolute Gasteiger partial charge is 0.489 e. The number of fused-ring (bicyclic) bond motifs is 3. The molecule has 1 aliphatic rings. The van der Waals surface area contributed by atoms with Crippen molar-refractivity contribution in [2.24, 2.45) is 0 Å². The molecule has 1 heterocycles. The number of alkyl carbamates (subject to hydrolysis) is 2. The zero-order valence-electron chi connectivity index (χ0n) is 29.4. The Balaban J connectivity index is 1.11. The van der Waals surface area contributed by atoms with Crippen molar-refractivity contribution in [2.75, 3.05) is 11.9 Å². The molecule has 3 N–H and O–H groups in total. The lowest BCUT2D eigenvalue weighted by Crippen LogP contribution is -2.45. The number of ether oxygens (including phenoxy) is 3. The molecule has 1 atom stereocenters. The molecule has 0 bridgehead atoms. The molecule has 0 unspecified atom stereocenters. The molecule has 0 saturated carbocycles. The number of carbonyl (C=O) groups excluding carboxylic acids is 3. The fraction of sp³-hybridized carbons (Fsp3) is 0.238. The summed E-state index contributed by atoms with van der Waals surface area (Å²) >= 11 is 0. The second-order valence-electron chi connectivity index (χ2n) is 13.6. The highest BCUT2D eigenvalue weighted by Gasteiger charge is 2.30. The maximum absolute atomic E-state index is 13.7. The average molecular weight is 699 g/mol. The van der Waals surface area contributed by atoms with Gasteiger partial charge in [-0.2, -0.15) is 0 Å². The van der Waals surface area contributed by atoms with Crippen molar-refractivity contribution >= 4 is 23.8 Å². The van der Waals surface area contributed by atoms with E-state index in [1.165, 1.54) is 0 Å². The number of carbonyl (C=O) groups is 3. The van der Waals surface area contributed by atoms with Gasteiger partial charge in [-0.1, -0.05) is 72.8 Å². The minimum atomic E-state index is -0.951. The van der Waals surface area contributed by atoms with Gasteiger partial charge in [0.1, 0.15) is 30.6 Å². The number of aromatic nitrogens is 1. The number of nitrogens with zero attached hydrogens (tertiary/aromatic N) is 1. The van der Waals surface area contributed by atoms with Gasteiger partial charge in [-0.05, 0) is 96.1 Å². The molecule has 3 amide bonds. The minimum absolute atomic E-state index is 0.117. The summed E-state index contributed by atoms with van der Waals surface area (Å²) in [5, 5.41) is 8.45. The number of benzene rings is 4. The molecule has 0 spiro atoms. The van der Waals surface area contributed by atoms with Crippen molar-refractivity contribution in [3.8, 4) is 16.9 Å². The Morgan fingerprint density at radius 1 is 0.731 bits per heavy atom. The van der Waals surface area contributed by atoms with Crippen molar-refractivity contribution in [3.05, 3.63) is 149 Å². The third-order valence-corrected chi connectivity index (χ3v) is 8.53. The van der Waals surface area contributed by atoms with Crippen molar-refractivity contribution in [3.63, 3.8) is 0 Å². The summed E-state index contributed by atoms with van der Waals surface area (Å²) in [5.74, 6) is 0.145. The average Bonchev–Trinajstić information content (AvgIpc) is 3.46. The van der Waals surface area contributed by atoms with Crippen LogP contribution in [-0.4, -0.2) is 41.3 Å². The van der Waals surface area contributed by atoms with Gasteiger partial charge >= 0.3 is 12.2 Å². The van der Waals surface area contributed by atoms with Gasteiger partial charge in [0.25, 0.3) is 0 Å². The van der Waals surface area contributed by atoms with Gasteiger partial charge in [0, 0.05) is 37.0 Å². The molecule has 6 rings (SSSR count). The quantitative estimate of drug-likeness (QED) is 0.121. The van der Waals surface area contributed by atoms with Gasteiger partial charge in [-0.3, -0.25) is 9.78 Å². The van der Waals surface area contributed by atoms with E-state index in [9.17, 15) is 14.4 Å². The van der Waals surface area contributed by atoms with Gasteiger partial charge < -0.3 is 30.2 Å². The van der Waals surface area contributed by atoms with Gasteiger partial charge in [0.15, 0.2) is 0 Å². The maximum Gasteiger partial charge on any atom is 0.407 e. The molecule has 5 aromatic rings. The van der Waals surface area contributed by atoms with E-state index in [0.29, 0.717) is 18.0 Å². The van der Waals surface area contributed by atoms with Crippen LogP contribution in [0.15, 0.2) is 122 Å². The molecule has 10 nitrogen and oxygen atoms in total. The van der Waals surface area contributed by atoms with Crippen LogP contribution in [0.2, 0.25) is 0 Å². The van der Waals surface area contributed by atoms with Crippen molar-refractivity contribution < 1.29 is 28.6 Å². The molecule has 0 radical (unpaired) electrons. The van der Waals surface area contributed by atoms with Crippen LogP contribution < -0.4 is 20.7 Å². The van der Waals surface area contributed by atoms with Gasteiger partial charge in [-0.15, -0.1) is 0 Å². The summed E-state index contributed by atoms with van der Waals surface area (Å²) in [6.45, 7) is 6.18. The summed E-state index contributed by atoms with van der Waals surface area (Å²) in [6.07, 6.45) is 2.44. The Labute approximate surface area is 303 Å². The highest BCUT2D eigenvalue weighted by molar-refractivity contribution is 5.96. The molecule has 10 heteroatoms. The number of hydrogen-bond acceptors (Lipinski definition) is 7. The zero-order valence-corrected chi connectivity index (χ0v) is 29.4. The van der Waals surface area contributed by atoms with Gasteiger partial charge in [-0.25, -0.2) is 9.59 Å². The Hall–Kier alpha value is -6.16. The highest BCUT2D eigenvalue weighted by Crippen LogP contribution is 2.44. The topological polar surface area (TPSA) is 128 Å². The summed E-state index contributed by atoms with van der Waals surface area (Å²) in [4.78, 5) is 43.1. The van der Waals surface area contributed by atoms with Crippen molar-refractivity contribution in [1.82, 2.24) is 15.6 Å². The van der Waals surface area contributed by atoms with E-state index in [0.717, 1.165) is 38.9 Å². The molecule has 1 aromatic heterocycles. The zero-order chi connectivity index (χ0) is 36.5. The van der Waals surface area contributed by atoms with E-state index in [4.69, 9.17) is 14.2 Å². The van der Waals surface area contributed by atoms with E-state index < -0.39 is 29.7 Å². The lowest BCUT2D eigenvalue weighted by atomic mass is 9.98. The molecule has 1 aliphatic carbocycles. The van der Waals surface area contributed by atoms with Crippen LogP contribution in [0.4, 0.5) is 15.3 Å². The molecule has 4 aromatic carbocycles. The Morgan fingerprint density at radius 2 is 1.35 bits per heavy atom. The third-order valence-electron chi connectivity index (χ3n) is 8.53. The standard InChI is InChI=1S/C42H42N4O6/c1-42(2,3)52-40(48)44-25-29-12-16-31(17-13-29)45-39(47)38(24-28-14-18-32(19-15-28)50-26-30-20-22-43-23-21-30)46-41(49)51-27-37-35-10-6-4-8-33(35)34-9-5-7-11-36(34)37/h4-23,37-38H,24-27H2,1-3H3,(H,44,48)(H,45,47)(H,46,49)/t38-/m0/s1. The Kier molecular flexibility index (Phi) is 11.1. The summed E-state index contributed by atoms with van der Waals surface area (Å²) < 4.78 is 17.0. The minimum Gasteiger partial charge on any atom is -0.489 e. The number of hydrogen-bond donors (Lipinski definition) is 3. The predicted octanol–water partition coefficient (Wildman–Crippen LogP) is 7.77. The monoisotopic (exact) mass is 698 g/mol. The van der Waals surface area contributed by atoms with Crippen LogP contribution in [0.1, 0.15) is 54.5 Å². The number of nitrogens with one attached hydrogen (secondary N) is 3. The number of anilines is 1. The Bertz CT molecular complexity index is 1950. The molecule has 266 valence electrons. The van der Waals surface area contributed by atoms with Crippen LogP contribution in [0.3, 0.4) is 0 Å². The fourth-order valence-electron chi connectivity index (χ4n) is 6.02. The maximum atomic E-state index is 13.7. The molecular weight excluding hydrogens is 656 g/mol. The van der Waals surface area contributed by atoms with Crippen LogP contribution in [0, 0.1) is 0 Å². The fourth-order valence-corrected chi connectivity index (χ4v) is 6.02. The van der Waals surface area contributed by atoms with E-state index in [-0.39, 0.29) is 25.5 Å². The molecule has 0 fully saturated rings. The Morgan fingerprint density at radius 3 is 1.98 bits per heavy atom. The highest BCUT2D eigenvalue weighted by atomic mass is 16.6. The van der Waals surface area contributed by atoms with Crippen LogP contribution in [0.25, 0.3) is 11.1 Å². The lowest BCUT2D eigenvalue weighted by molar-refractivity contribution is -0.118. The first-order valence-electron chi connectivity index (χ1n) is 17.2. The summed E-state index contributed by atoms with van der Waals surface area (Å²) in [7, 11) is 0.